The van der Waals surface area contributed by atoms with Crippen molar-refractivity contribution in [2.75, 3.05) is 0 Å². The highest BCUT2D eigenvalue weighted by Crippen LogP contribution is 2.26. The summed E-state index contributed by atoms with van der Waals surface area (Å²) in [5, 5.41) is 19.6. The number of imidazole rings is 1. The smallest absolute Gasteiger partial charge is 0.336 e. The summed E-state index contributed by atoms with van der Waals surface area (Å²) >= 11 is 6.16. The van der Waals surface area contributed by atoms with Crippen LogP contribution in [0.1, 0.15) is 40.8 Å². The SMILES string of the molecule is CC/C=C/c1nc(Cl)c(CO)n1Cc1ccc(-c2ccccc2)c(C(=O)O)c1. The summed E-state index contributed by atoms with van der Waals surface area (Å²) in [5.41, 5.74) is 3.02. The van der Waals surface area contributed by atoms with Crippen molar-refractivity contribution in [2.24, 2.45) is 0 Å². The number of carbonyl (C=O) groups is 1. The molecule has 0 saturated carbocycles. The van der Waals surface area contributed by atoms with Crippen LogP contribution in [0.2, 0.25) is 5.15 Å². The van der Waals surface area contributed by atoms with Gasteiger partial charge >= 0.3 is 5.97 Å². The molecule has 1 heterocycles. The van der Waals surface area contributed by atoms with Gasteiger partial charge < -0.3 is 14.8 Å². The van der Waals surface area contributed by atoms with Crippen LogP contribution in [0.4, 0.5) is 0 Å². The second-order valence-corrected chi connectivity index (χ2v) is 6.67. The van der Waals surface area contributed by atoms with Gasteiger partial charge in [-0.2, -0.15) is 0 Å². The Hall–Kier alpha value is -2.89. The molecule has 0 aliphatic carbocycles. The van der Waals surface area contributed by atoms with Gasteiger partial charge in [0.2, 0.25) is 0 Å². The number of aliphatic hydroxyl groups excluding tert-OH is 1. The molecule has 2 aromatic carbocycles. The van der Waals surface area contributed by atoms with E-state index in [-0.39, 0.29) is 17.3 Å². The average molecular weight is 397 g/mol. The number of hydrogen-bond acceptors (Lipinski definition) is 3. The van der Waals surface area contributed by atoms with Gasteiger partial charge in [-0.15, -0.1) is 0 Å². The molecule has 0 aliphatic rings. The number of hydrogen-bond donors (Lipinski definition) is 2. The molecule has 0 atom stereocenters. The Morgan fingerprint density at radius 3 is 2.61 bits per heavy atom. The Bertz CT molecular complexity index is 1010. The first-order valence-electron chi connectivity index (χ1n) is 8.99. The lowest BCUT2D eigenvalue weighted by atomic mass is 9.97. The molecule has 0 amide bonds. The molecule has 0 bridgehead atoms. The predicted molar refractivity (Wildman–Crippen MR) is 110 cm³/mol. The lowest BCUT2D eigenvalue weighted by Crippen LogP contribution is -2.08. The van der Waals surface area contributed by atoms with Gasteiger partial charge in [-0.3, -0.25) is 0 Å². The van der Waals surface area contributed by atoms with Crippen LogP contribution in [0.5, 0.6) is 0 Å². The van der Waals surface area contributed by atoms with Crippen LogP contribution >= 0.6 is 11.6 Å². The summed E-state index contributed by atoms with van der Waals surface area (Å²) in [7, 11) is 0. The summed E-state index contributed by atoms with van der Waals surface area (Å²) in [6, 6.07) is 14.8. The van der Waals surface area contributed by atoms with E-state index in [1.54, 1.807) is 10.6 Å². The normalized spacial score (nSPS) is 11.2. The van der Waals surface area contributed by atoms with Gasteiger partial charge in [-0.1, -0.05) is 67.1 Å². The second-order valence-electron chi connectivity index (χ2n) is 6.31. The molecule has 0 spiro atoms. The van der Waals surface area contributed by atoms with Crippen LogP contribution in [0.15, 0.2) is 54.6 Å². The number of benzene rings is 2. The molecule has 0 saturated heterocycles. The highest BCUT2D eigenvalue weighted by molar-refractivity contribution is 6.30. The summed E-state index contributed by atoms with van der Waals surface area (Å²) in [4.78, 5) is 16.1. The first kappa shape index (κ1) is 19.9. The number of carboxylic acids is 1. The molecule has 3 aromatic rings. The molecule has 0 radical (unpaired) electrons. The fraction of sp³-hybridized carbons (Fsp3) is 0.182. The number of rotatable bonds is 7. The van der Waals surface area contributed by atoms with E-state index in [2.05, 4.69) is 4.98 Å². The summed E-state index contributed by atoms with van der Waals surface area (Å²) < 4.78 is 1.80. The quantitative estimate of drug-likeness (QED) is 0.597. The van der Waals surface area contributed by atoms with E-state index in [4.69, 9.17) is 11.6 Å². The Kier molecular flexibility index (Phi) is 6.29. The zero-order chi connectivity index (χ0) is 20.1. The van der Waals surface area contributed by atoms with Gasteiger partial charge in [0.1, 0.15) is 5.82 Å². The van der Waals surface area contributed by atoms with Gasteiger partial charge in [0.05, 0.1) is 17.9 Å². The maximum Gasteiger partial charge on any atom is 0.336 e. The summed E-state index contributed by atoms with van der Waals surface area (Å²) in [6.07, 6.45) is 4.65. The second kappa shape index (κ2) is 8.87. The molecular weight excluding hydrogens is 376 g/mol. The minimum atomic E-state index is -0.988. The van der Waals surface area contributed by atoms with E-state index < -0.39 is 5.97 Å². The monoisotopic (exact) mass is 396 g/mol. The van der Waals surface area contributed by atoms with Crippen molar-refractivity contribution in [3.05, 3.63) is 82.4 Å². The van der Waals surface area contributed by atoms with E-state index in [0.29, 0.717) is 23.6 Å². The molecule has 2 N–H and O–H groups in total. The van der Waals surface area contributed by atoms with Crippen LogP contribution < -0.4 is 0 Å². The number of nitrogens with zero attached hydrogens (tertiary/aromatic N) is 2. The van der Waals surface area contributed by atoms with Gasteiger partial charge in [-0.25, -0.2) is 9.78 Å². The number of aromatic nitrogens is 2. The molecule has 144 valence electrons. The summed E-state index contributed by atoms with van der Waals surface area (Å²) in [5.74, 6) is -0.363. The molecular formula is C22H21ClN2O3. The van der Waals surface area contributed by atoms with Crippen LogP contribution in [-0.4, -0.2) is 25.7 Å². The minimum absolute atomic E-state index is 0.228. The maximum absolute atomic E-state index is 11.8. The van der Waals surface area contributed by atoms with E-state index in [9.17, 15) is 15.0 Å². The van der Waals surface area contributed by atoms with Gasteiger partial charge in [0.15, 0.2) is 5.15 Å². The summed E-state index contributed by atoms with van der Waals surface area (Å²) in [6.45, 7) is 2.12. The van der Waals surface area contributed by atoms with Crippen molar-refractivity contribution < 1.29 is 15.0 Å². The molecule has 0 unspecified atom stereocenters. The lowest BCUT2D eigenvalue weighted by Gasteiger charge is -2.12. The number of aliphatic hydroxyl groups is 1. The van der Waals surface area contributed by atoms with E-state index in [1.165, 1.54) is 0 Å². The van der Waals surface area contributed by atoms with Crippen molar-refractivity contribution in [2.45, 2.75) is 26.5 Å². The van der Waals surface area contributed by atoms with Crippen molar-refractivity contribution >= 4 is 23.6 Å². The molecule has 0 fully saturated rings. The van der Waals surface area contributed by atoms with E-state index in [0.717, 1.165) is 17.5 Å². The fourth-order valence-corrected chi connectivity index (χ4v) is 3.32. The fourth-order valence-electron chi connectivity index (χ4n) is 3.07. The molecule has 6 heteroatoms. The standard InChI is InChI=1S/C22H21ClN2O3/c1-2-3-9-20-24-21(23)19(14-26)25(20)13-15-10-11-17(18(12-15)22(27)28)16-7-5-4-6-8-16/h3-12,26H,2,13-14H2,1H3,(H,27,28)/b9-3+. The third-order valence-corrected chi connectivity index (χ3v) is 4.75. The molecule has 0 aliphatic heterocycles. The van der Waals surface area contributed by atoms with Crippen molar-refractivity contribution in [1.29, 1.82) is 0 Å². The third-order valence-electron chi connectivity index (χ3n) is 4.45. The first-order valence-corrected chi connectivity index (χ1v) is 9.36. The molecule has 5 nitrogen and oxygen atoms in total. The third kappa shape index (κ3) is 4.16. The average Bonchev–Trinajstić information content (AvgIpc) is 3.01. The molecule has 3 rings (SSSR count). The Morgan fingerprint density at radius 2 is 1.96 bits per heavy atom. The van der Waals surface area contributed by atoms with Crippen molar-refractivity contribution in [3.8, 4) is 11.1 Å². The predicted octanol–water partition coefficient (Wildman–Crippen LogP) is 4.87. The van der Waals surface area contributed by atoms with E-state index >= 15 is 0 Å². The van der Waals surface area contributed by atoms with E-state index in [1.807, 2.05) is 61.5 Å². The topological polar surface area (TPSA) is 75.4 Å². The van der Waals surface area contributed by atoms with Crippen molar-refractivity contribution in [3.63, 3.8) is 0 Å². The van der Waals surface area contributed by atoms with Crippen LogP contribution in [-0.2, 0) is 13.2 Å². The zero-order valence-corrected chi connectivity index (χ0v) is 16.2. The minimum Gasteiger partial charge on any atom is -0.478 e. The maximum atomic E-state index is 11.8. The highest BCUT2D eigenvalue weighted by atomic mass is 35.5. The largest absolute Gasteiger partial charge is 0.478 e. The van der Waals surface area contributed by atoms with Crippen LogP contribution in [0.25, 0.3) is 17.2 Å². The first-order chi connectivity index (χ1) is 13.5. The number of allylic oxidation sites excluding steroid dienone is 1. The zero-order valence-electron chi connectivity index (χ0n) is 15.5. The lowest BCUT2D eigenvalue weighted by molar-refractivity contribution is 0.0697. The van der Waals surface area contributed by atoms with Crippen LogP contribution in [0, 0.1) is 0 Å². The molecule has 1 aromatic heterocycles. The Morgan fingerprint density at radius 1 is 1.21 bits per heavy atom. The van der Waals surface area contributed by atoms with Crippen molar-refractivity contribution in [1.82, 2.24) is 9.55 Å². The number of aromatic carboxylic acids is 1. The Balaban J connectivity index is 2.03. The van der Waals surface area contributed by atoms with Crippen LogP contribution in [0.3, 0.4) is 0 Å². The molecule has 28 heavy (non-hydrogen) atoms. The highest BCUT2D eigenvalue weighted by Gasteiger charge is 2.16. The van der Waals surface area contributed by atoms with Gasteiger partial charge in [-0.05, 0) is 35.3 Å². The van der Waals surface area contributed by atoms with Gasteiger partial charge in [0, 0.05) is 6.54 Å². The van der Waals surface area contributed by atoms with Gasteiger partial charge in [0.25, 0.3) is 0 Å². The number of carboxylic acid groups (broad SMARTS) is 1. The Labute approximate surface area is 168 Å². The number of halogens is 1.